The lowest BCUT2D eigenvalue weighted by Gasteiger charge is -2.36. The van der Waals surface area contributed by atoms with Crippen molar-refractivity contribution in [3.05, 3.63) is 29.3 Å². The van der Waals surface area contributed by atoms with Gasteiger partial charge in [0.25, 0.3) is 0 Å². The number of nitrogens with zero attached hydrogens (tertiary/aromatic N) is 1. The Morgan fingerprint density at radius 3 is 3.08 bits per heavy atom. The number of ether oxygens (including phenoxy) is 3. The molecule has 1 aromatic carbocycles. The van der Waals surface area contributed by atoms with Crippen molar-refractivity contribution in [2.24, 2.45) is 5.92 Å². The SMILES string of the molecule is O=C1OCc2cc(OC[C@H]3CCCCN3CC3CCOC3)ccc21. The van der Waals surface area contributed by atoms with Gasteiger partial charge in [0.15, 0.2) is 0 Å². The fourth-order valence-corrected chi connectivity index (χ4v) is 3.94. The van der Waals surface area contributed by atoms with E-state index < -0.39 is 0 Å². The zero-order valence-corrected chi connectivity index (χ0v) is 14.0. The maximum absolute atomic E-state index is 11.5. The van der Waals surface area contributed by atoms with Gasteiger partial charge in [0.05, 0.1) is 12.2 Å². The summed E-state index contributed by atoms with van der Waals surface area (Å²) < 4.78 is 16.6. The molecule has 2 atom stereocenters. The number of hydrogen-bond acceptors (Lipinski definition) is 5. The molecule has 0 spiro atoms. The third-order valence-corrected chi connectivity index (χ3v) is 5.36. The van der Waals surface area contributed by atoms with Crippen LogP contribution in [-0.4, -0.2) is 49.8 Å². The summed E-state index contributed by atoms with van der Waals surface area (Å²) in [5.74, 6) is 1.28. The molecule has 3 aliphatic heterocycles. The molecule has 0 bridgehead atoms. The highest BCUT2D eigenvalue weighted by atomic mass is 16.5. The molecule has 5 heteroatoms. The van der Waals surface area contributed by atoms with Gasteiger partial charge in [-0.05, 0) is 49.9 Å². The van der Waals surface area contributed by atoms with Gasteiger partial charge in [0.2, 0.25) is 0 Å². The minimum Gasteiger partial charge on any atom is -0.492 e. The number of hydrogen-bond donors (Lipinski definition) is 0. The third kappa shape index (κ3) is 3.42. The zero-order chi connectivity index (χ0) is 16.4. The van der Waals surface area contributed by atoms with E-state index in [0.29, 0.717) is 30.7 Å². The van der Waals surface area contributed by atoms with E-state index in [4.69, 9.17) is 14.2 Å². The highest BCUT2D eigenvalue weighted by Gasteiger charge is 2.27. The van der Waals surface area contributed by atoms with Gasteiger partial charge in [-0.15, -0.1) is 0 Å². The molecular formula is C19H25NO4. The molecule has 0 aromatic heterocycles. The third-order valence-electron chi connectivity index (χ3n) is 5.36. The Labute approximate surface area is 142 Å². The van der Waals surface area contributed by atoms with Gasteiger partial charge < -0.3 is 14.2 Å². The molecule has 0 aliphatic carbocycles. The van der Waals surface area contributed by atoms with E-state index >= 15 is 0 Å². The number of carbonyl (C=O) groups excluding carboxylic acids is 1. The molecule has 0 amide bonds. The second-order valence-corrected chi connectivity index (χ2v) is 7.08. The van der Waals surface area contributed by atoms with Crippen molar-refractivity contribution in [2.75, 3.05) is 32.9 Å². The molecule has 1 aromatic rings. The Hall–Kier alpha value is -1.59. The standard InChI is InChI=1S/C19H25NO4/c21-19-18-5-4-17(9-15(18)12-24-19)23-13-16-3-1-2-7-20(16)10-14-6-8-22-11-14/h4-5,9,14,16H,1-3,6-8,10-13H2/t14?,16-/m1/s1. The molecule has 0 N–H and O–H groups in total. The maximum atomic E-state index is 11.5. The Morgan fingerprint density at radius 1 is 1.25 bits per heavy atom. The number of fused-ring (bicyclic) bond motifs is 1. The van der Waals surface area contributed by atoms with Crippen LogP contribution in [0.25, 0.3) is 0 Å². The largest absolute Gasteiger partial charge is 0.492 e. The van der Waals surface area contributed by atoms with Crippen LogP contribution >= 0.6 is 0 Å². The van der Waals surface area contributed by atoms with Crippen molar-refractivity contribution in [3.63, 3.8) is 0 Å². The van der Waals surface area contributed by atoms with Crippen LogP contribution in [0.1, 0.15) is 41.6 Å². The second-order valence-electron chi connectivity index (χ2n) is 7.08. The van der Waals surface area contributed by atoms with Crippen molar-refractivity contribution >= 4 is 5.97 Å². The lowest BCUT2D eigenvalue weighted by Crippen LogP contribution is -2.45. The average molecular weight is 331 g/mol. The van der Waals surface area contributed by atoms with E-state index in [-0.39, 0.29) is 5.97 Å². The van der Waals surface area contributed by atoms with Crippen LogP contribution in [0.15, 0.2) is 18.2 Å². The van der Waals surface area contributed by atoms with Crippen molar-refractivity contribution in [3.8, 4) is 5.75 Å². The number of cyclic esters (lactones) is 1. The monoisotopic (exact) mass is 331 g/mol. The molecule has 5 nitrogen and oxygen atoms in total. The van der Waals surface area contributed by atoms with Gasteiger partial charge in [-0.25, -0.2) is 4.79 Å². The quantitative estimate of drug-likeness (QED) is 0.776. The molecule has 4 rings (SSSR count). The first-order chi connectivity index (χ1) is 11.8. The lowest BCUT2D eigenvalue weighted by atomic mass is 10.00. The minimum absolute atomic E-state index is 0.228. The second kappa shape index (κ2) is 7.11. The van der Waals surface area contributed by atoms with E-state index in [1.165, 1.54) is 25.7 Å². The van der Waals surface area contributed by atoms with Crippen LogP contribution in [0, 0.1) is 5.92 Å². The summed E-state index contributed by atoms with van der Waals surface area (Å²) in [5.41, 5.74) is 1.60. The van der Waals surface area contributed by atoms with Crippen LogP contribution in [-0.2, 0) is 16.1 Å². The molecule has 2 saturated heterocycles. The minimum atomic E-state index is -0.228. The Bertz CT molecular complexity index is 597. The van der Waals surface area contributed by atoms with Gasteiger partial charge in [-0.1, -0.05) is 6.42 Å². The van der Waals surface area contributed by atoms with Gasteiger partial charge in [-0.2, -0.15) is 0 Å². The predicted molar refractivity (Wildman–Crippen MR) is 89.2 cm³/mol. The Kier molecular flexibility index (Phi) is 4.72. The van der Waals surface area contributed by atoms with Crippen molar-refractivity contribution in [2.45, 2.75) is 38.3 Å². The van der Waals surface area contributed by atoms with Crippen LogP contribution in [0.4, 0.5) is 0 Å². The lowest BCUT2D eigenvalue weighted by molar-refractivity contribution is 0.0535. The smallest absolute Gasteiger partial charge is 0.338 e. The van der Waals surface area contributed by atoms with E-state index in [1.807, 2.05) is 18.2 Å². The molecule has 3 aliphatic rings. The van der Waals surface area contributed by atoms with Crippen LogP contribution in [0.3, 0.4) is 0 Å². The van der Waals surface area contributed by atoms with Gasteiger partial charge in [-0.3, -0.25) is 4.90 Å². The molecular weight excluding hydrogens is 306 g/mol. The molecule has 24 heavy (non-hydrogen) atoms. The first-order valence-electron chi connectivity index (χ1n) is 9.04. The first kappa shape index (κ1) is 15.9. The molecule has 3 heterocycles. The molecule has 0 radical (unpaired) electrons. The maximum Gasteiger partial charge on any atom is 0.338 e. The number of likely N-dealkylation sites (tertiary alicyclic amines) is 1. The van der Waals surface area contributed by atoms with Crippen LogP contribution in [0.2, 0.25) is 0 Å². The number of rotatable bonds is 5. The average Bonchev–Trinajstić information content (AvgIpc) is 3.24. The summed E-state index contributed by atoms with van der Waals surface area (Å²) in [4.78, 5) is 14.1. The topological polar surface area (TPSA) is 48.0 Å². The Balaban J connectivity index is 1.35. The van der Waals surface area contributed by atoms with E-state index in [9.17, 15) is 4.79 Å². The molecule has 2 fully saturated rings. The normalized spacial score (nSPS) is 27.1. The molecule has 1 unspecified atom stereocenters. The van der Waals surface area contributed by atoms with Crippen LogP contribution in [0.5, 0.6) is 5.75 Å². The molecule has 0 saturated carbocycles. The zero-order valence-electron chi connectivity index (χ0n) is 14.0. The van der Waals surface area contributed by atoms with Gasteiger partial charge in [0.1, 0.15) is 19.0 Å². The predicted octanol–water partition coefficient (Wildman–Crippen LogP) is 2.63. The van der Waals surface area contributed by atoms with Gasteiger partial charge in [0, 0.05) is 24.8 Å². The number of piperidine rings is 1. The first-order valence-corrected chi connectivity index (χ1v) is 9.04. The van der Waals surface area contributed by atoms with Crippen molar-refractivity contribution in [1.82, 2.24) is 4.90 Å². The number of carbonyl (C=O) groups is 1. The van der Waals surface area contributed by atoms with E-state index in [0.717, 1.165) is 37.6 Å². The fraction of sp³-hybridized carbons (Fsp3) is 0.632. The van der Waals surface area contributed by atoms with E-state index in [1.54, 1.807) is 0 Å². The van der Waals surface area contributed by atoms with Crippen LogP contribution < -0.4 is 4.74 Å². The summed E-state index contributed by atoms with van der Waals surface area (Å²) in [6.45, 7) is 5.18. The van der Waals surface area contributed by atoms with E-state index in [2.05, 4.69) is 4.90 Å². The number of benzene rings is 1. The highest BCUT2D eigenvalue weighted by Crippen LogP contribution is 2.26. The summed E-state index contributed by atoms with van der Waals surface area (Å²) >= 11 is 0. The molecule has 130 valence electrons. The van der Waals surface area contributed by atoms with Crippen molar-refractivity contribution in [1.29, 1.82) is 0 Å². The summed E-state index contributed by atoms with van der Waals surface area (Å²) in [7, 11) is 0. The number of esters is 1. The Morgan fingerprint density at radius 2 is 2.21 bits per heavy atom. The fourth-order valence-electron chi connectivity index (χ4n) is 3.94. The van der Waals surface area contributed by atoms with Gasteiger partial charge >= 0.3 is 5.97 Å². The summed E-state index contributed by atoms with van der Waals surface area (Å²) in [5, 5.41) is 0. The van der Waals surface area contributed by atoms with Crippen molar-refractivity contribution < 1.29 is 19.0 Å². The summed E-state index contributed by atoms with van der Waals surface area (Å²) in [6.07, 6.45) is 4.93. The highest BCUT2D eigenvalue weighted by molar-refractivity contribution is 5.93. The summed E-state index contributed by atoms with van der Waals surface area (Å²) in [6, 6.07) is 6.11.